The zero-order chi connectivity index (χ0) is 13.8. The number of anilines is 1. The summed E-state index contributed by atoms with van der Waals surface area (Å²) < 4.78 is 0. The molecule has 0 saturated carbocycles. The van der Waals surface area contributed by atoms with Crippen molar-refractivity contribution in [3.05, 3.63) is 41.4 Å². The maximum Gasteiger partial charge on any atom is 0.246 e. The van der Waals surface area contributed by atoms with Crippen LogP contribution in [0.4, 0.5) is 5.69 Å². The van der Waals surface area contributed by atoms with Crippen molar-refractivity contribution in [1.29, 1.82) is 5.26 Å². The van der Waals surface area contributed by atoms with Crippen molar-refractivity contribution >= 4 is 23.2 Å². The topological polar surface area (TPSA) is 47.3 Å². The summed E-state index contributed by atoms with van der Waals surface area (Å²) in [5, 5.41) is 9.38. The molecule has 1 aromatic rings. The Labute approximate surface area is 117 Å². The van der Waals surface area contributed by atoms with Crippen molar-refractivity contribution in [2.45, 2.75) is 0 Å². The lowest BCUT2D eigenvalue weighted by Gasteiger charge is -2.36. The van der Waals surface area contributed by atoms with E-state index in [1.54, 1.807) is 17.0 Å². The van der Waals surface area contributed by atoms with E-state index in [1.807, 2.05) is 6.07 Å². The number of carbonyl (C=O) groups excluding carboxylic acids is 1. The van der Waals surface area contributed by atoms with E-state index < -0.39 is 0 Å². The summed E-state index contributed by atoms with van der Waals surface area (Å²) in [4.78, 5) is 15.4. The van der Waals surface area contributed by atoms with Crippen LogP contribution >= 0.6 is 11.6 Å². The van der Waals surface area contributed by atoms with Gasteiger partial charge in [-0.15, -0.1) is 0 Å². The Balaban J connectivity index is 2.08. The molecule has 1 fully saturated rings. The standard InChI is InChI=1S/C14H14ClN3O/c1-2-14(19)18-7-5-17(6-8-18)13-4-3-11(10-16)9-12(13)15/h2-4,9H,1,5-8H2. The number of nitriles is 1. The molecule has 0 aliphatic carbocycles. The van der Waals surface area contributed by atoms with E-state index in [1.165, 1.54) is 6.08 Å². The Morgan fingerprint density at radius 3 is 2.58 bits per heavy atom. The summed E-state index contributed by atoms with van der Waals surface area (Å²) in [5.41, 5.74) is 1.46. The van der Waals surface area contributed by atoms with Crippen LogP contribution in [0.1, 0.15) is 5.56 Å². The van der Waals surface area contributed by atoms with Crippen LogP contribution in [-0.2, 0) is 4.79 Å². The van der Waals surface area contributed by atoms with Gasteiger partial charge in [-0.1, -0.05) is 18.2 Å². The molecule has 1 aliphatic heterocycles. The normalized spacial score (nSPS) is 14.9. The van der Waals surface area contributed by atoms with Gasteiger partial charge in [0.1, 0.15) is 0 Å². The molecular formula is C14H14ClN3O. The maximum absolute atomic E-state index is 11.5. The Morgan fingerprint density at radius 1 is 1.37 bits per heavy atom. The lowest BCUT2D eigenvalue weighted by molar-refractivity contribution is -0.126. The van der Waals surface area contributed by atoms with E-state index in [-0.39, 0.29) is 5.91 Å². The fraction of sp³-hybridized carbons (Fsp3) is 0.286. The second-order valence-electron chi connectivity index (χ2n) is 4.29. The van der Waals surface area contributed by atoms with E-state index in [9.17, 15) is 4.79 Å². The first-order valence-electron chi connectivity index (χ1n) is 6.01. The van der Waals surface area contributed by atoms with E-state index in [4.69, 9.17) is 16.9 Å². The van der Waals surface area contributed by atoms with E-state index in [0.29, 0.717) is 23.7 Å². The van der Waals surface area contributed by atoms with Crippen LogP contribution in [0.2, 0.25) is 5.02 Å². The van der Waals surface area contributed by atoms with Crippen molar-refractivity contribution in [3.63, 3.8) is 0 Å². The molecule has 1 aliphatic rings. The molecule has 98 valence electrons. The predicted octanol–water partition coefficient (Wildman–Crippen LogP) is 2.05. The predicted molar refractivity (Wildman–Crippen MR) is 75.2 cm³/mol. The van der Waals surface area contributed by atoms with Crippen molar-refractivity contribution in [2.75, 3.05) is 31.1 Å². The lowest BCUT2D eigenvalue weighted by Crippen LogP contribution is -2.48. The Hall–Kier alpha value is -1.99. The van der Waals surface area contributed by atoms with Crippen molar-refractivity contribution in [3.8, 4) is 6.07 Å². The number of hydrogen-bond donors (Lipinski definition) is 0. The van der Waals surface area contributed by atoms with Crippen LogP contribution in [-0.4, -0.2) is 37.0 Å². The van der Waals surface area contributed by atoms with Gasteiger partial charge in [0, 0.05) is 26.2 Å². The molecule has 0 radical (unpaired) electrons. The number of carbonyl (C=O) groups is 1. The zero-order valence-electron chi connectivity index (χ0n) is 10.5. The highest BCUT2D eigenvalue weighted by atomic mass is 35.5. The van der Waals surface area contributed by atoms with Gasteiger partial charge in [0.25, 0.3) is 0 Å². The molecule has 1 amide bonds. The van der Waals surface area contributed by atoms with Crippen LogP contribution in [0.3, 0.4) is 0 Å². The Bertz CT molecular complexity index is 542. The van der Waals surface area contributed by atoms with E-state index >= 15 is 0 Å². The first kappa shape index (κ1) is 13.4. The summed E-state index contributed by atoms with van der Waals surface area (Å²) in [7, 11) is 0. The van der Waals surface area contributed by atoms with Crippen molar-refractivity contribution in [2.24, 2.45) is 0 Å². The molecular weight excluding hydrogens is 262 g/mol. The van der Waals surface area contributed by atoms with Gasteiger partial charge in [-0.25, -0.2) is 0 Å². The highest BCUT2D eigenvalue weighted by Gasteiger charge is 2.20. The van der Waals surface area contributed by atoms with Crippen LogP contribution in [0.5, 0.6) is 0 Å². The highest BCUT2D eigenvalue weighted by Crippen LogP contribution is 2.27. The first-order valence-corrected chi connectivity index (χ1v) is 6.39. The fourth-order valence-corrected chi connectivity index (χ4v) is 2.43. The average Bonchev–Trinajstić information content (AvgIpc) is 2.46. The number of benzene rings is 1. The number of halogens is 1. The molecule has 19 heavy (non-hydrogen) atoms. The fourth-order valence-electron chi connectivity index (χ4n) is 2.13. The van der Waals surface area contributed by atoms with Crippen LogP contribution in [0.25, 0.3) is 0 Å². The van der Waals surface area contributed by atoms with Crippen LogP contribution < -0.4 is 4.90 Å². The quantitative estimate of drug-likeness (QED) is 0.776. The molecule has 0 unspecified atom stereocenters. The Kier molecular flexibility index (Phi) is 4.08. The molecule has 1 heterocycles. The minimum Gasteiger partial charge on any atom is -0.367 e. The van der Waals surface area contributed by atoms with Gasteiger partial charge in [-0.3, -0.25) is 4.79 Å². The largest absolute Gasteiger partial charge is 0.367 e. The maximum atomic E-state index is 11.5. The molecule has 4 nitrogen and oxygen atoms in total. The number of piperazine rings is 1. The second kappa shape index (κ2) is 5.77. The third-order valence-electron chi connectivity index (χ3n) is 3.18. The molecule has 5 heteroatoms. The third kappa shape index (κ3) is 2.88. The molecule has 1 aromatic carbocycles. The van der Waals surface area contributed by atoms with Gasteiger partial charge in [0.2, 0.25) is 5.91 Å². The van der Waals surface area contributed by atoms with Gasteiger partial charge in [-0.05, 0) is 24.3 Å². The van der Waals surface area contributed by atoms with Gasteiger partial charge in [0.15, 0.2) is 0 Å². The van der Waals surface area contributed by atoms with Gasteiger partial charge < -0.3 is 9.80 Å². The van der Waals surface area contributed by atoms with Crippen LogP contribution in [0.15, 0.2) is 30.9 Å². The number of nitrogens with zero attached hydrogens (tertiary/aromatic N) is 3. The summed E-state index contributed by atoms with van der Waals surface area (Å²) >= 11 is 6.18. The summed E-state index contributed by atoms with van der Waals surface area (Å²) in [6.45, 7) is 6.25. The monoisotopic (exact) mass is 275 g/mol. The molecule has 0 bridgehead atoms. The Morgan fingerprint density at radius 2 is 2.05 bits per heavy atom. The molecule has 1 saturated heterocycles. The summed E-state index contributed by atoms with van der Waals surface area (Å²) in [6.07, 6.45) is 1.34. The minimum absolute atomic E-state index is 0.0365. The number of amides is 1. The molecule has 0 spiro atoms. The van der Waals surface area contributed by atoms with E-state index in [0.717, 1.165) is 18.8 Å². The van der Waals surface area contributed by atoms with Gasteiger partial charge in [0.05, 0.1) is 22.3 Å². The number of hydrogen-bond acceptors (Lipinski definition) is 3. The van der Waals surface area contributed by atoms with Gasteiger partial charge >= 0.3 is 0 Å². The summed E-state index contributed by atoms with van der Waals surface area (Å²) in [5.74, 6) is -0.0365. The summed E-state index contributed by atoms with van der Waals surface area (Å²) in [6, 6.07) is 7.33. The van der Waals surface area contributed by atoms with Crippen molar-refractivity contribution < 1.29 is 4.79 Å². The third-order valence-corrected chi connectivity index (χ3v) is 3.49. The second-order valence-corrected chi connectivity index (χ2v) is 4.70. The number of rotatable bonds is 2. The smallest absolute Gasteiger partial charge is 0.246 e. The molecule has 0 aromatic heterocycles. The van der Waals surface area contributed by atoms with Crippen molar-refractivity contribution in [1.82, 2.24) is 4.90 Å². The SMILES string of the molecule is C=CC(=O)N1CCN(c2ccc(C#N)cc2Cl)CC1. The van der Waals surface area contributed by atoms with Gasteiger partial charge in [-0.2, -0.15) is 5.26 Å². The minimum atomic E-state index is -0.0365. The zero-order valence-corrected chi connectivity index (χ0v) is 11.2. The average molecular weight is 276 g/mol. The molecule has 0 N–H and O–H groups in total. The van der Waals surface area contributed by atoms with E-state index in [2.05, 4.69) is 17.5 Å². The molecule has 2 rings (SSSR count). The first-order chi connectivity index (χ1) is 9.15. The molecule has 0 atom stereocenters. The lowest BCUT2D eigenvalue weighted by atomic mass is 10.2. The van der Waals surface area contributed by atoms with Crippen LogP contribution in [0, 0.1) is 11.3 Å². The highest BCUT2D eigenvalue weighted by molar-refractivity contribution is 6.33.